The molecule has 0 aromatic carbocycles. The van der Waals surface area contributed by atoms with Crippen molar-refractivity contribution < 1.29 is 14.4 Å². The van der Waals surface area contributed by atoms with Crippen LogP contribution in [-0.2, 0) is 17.8 Å². The third kappa shape index (κ3) is 6.65. The summed E-state index contributed by atoms with van der Waals surface area (Å²) in [7, 11) is 0. The van der Waals surface area contributed by atoms with Crippen molar-refractivity contribution in [2.45, 2.75) is 59.4 Å². The highest BCUT2D eigenvalue weighted by Crippen LogP contribution is 2.25. The fraction of sp³-hybridized carbons (Fsp3) is 0.786. The number of nitrogens with zero attached hydrogens (tertiary/aromatic N) is 2. The Balaban J connectivity index is 2.21. The summed E-state index contributed by atoms with van der Waals surface area (Å²) in [5, 5.41) is 15.9. The van der Waals surface area contributed by atoms with E-state index in [4.69, 9.17) is 9.63 Å². The van der Waals surface area contributed by atoms with Gasteiger partial charge in [0.2, 0.25) is 5.89 Å². The molecule has 0 aliphatic carbocycles. The molecule has 0 saturated carbocycles. The molecule has 6 heteroatoms. The third-order valence-corrected chi connectivity index (χ3v) is 3.25. The highest BCUT2D eigenvalue weighted by Gasteiger charge is 2.18. The van der Waals surface area contributed by atoms with Crippen LogP contribution in [0.4, 0.5) is 0 Å². The number of aliphatic carboxylic acids is 1. The van der Waals surface area contributed by atoms with Crippen LogP contribution in [0.1, 0.15) is 58.2 Å². The number of carboxylic acids is 1. The van der Waals surface area contributed by atoms with Crippen molar-refractivity contribution in [3.63, 3.8) is 0 Å². The molecule has 114 valence electrons. The van der Waals surface area contributed by atoms with Crippen LogP contribution in [-0.4, -0.2) is 27.8 Å². The Kier molecular flexibility index (Phi) is 6.64. The van der Waals surface area contributed by atoms with Crippen molar-refractivity contribution in [2.75, 3.05) is 6.54 Å². The normalized spacial score (nSPS) is 11.8. The van der Waals surface area contributed by atoms with Gasteiger partial charge >= 0.3 is 5.97 Å². The van der Waals surface area contributed by atoms with Gasteiger partial charge in [0.05, 0.1) is 6.54 Å². The van der Waals surface area contributed by atoms with Gasteiger partial charge in [0.1, 0.15) is 0 Å². The Bertz CT molecular complexity index is 416. The number of rotatable bonds is 10. The predicted molar refractivity (Wildman–Crippen MR) is 75.3 cm³/mol. The fourth-order valence-corrected chi connectivity index (χ4v) is 1.87. The molecule has 0 unspecified atom stereocenters. The Morgan fingerprint density at radius 3 is 2.80 bits per heavy atom. The van der Waals surface area contributed by atoms with E-state index in [1.807, 2.05) is 0 Å². The Labute approximate surface area is 120 Å². The topological polar surface area (TPSA) is 88.2 Å². The zero-order valence-corrected chi connectivity index (χ0v) is 12.6. The molecule has 1 heterocycles. The van der Waals surface area contributed by atoms with Crippen LogP contribution in [0.2, 0.25) is 0 Å². The van der Waals surface area contributed by atoms with Crippen molar-refractivity contribution in [1.82, 2.24) is 15.5 Å². The second kappa shape index (κ2) is 7.99. The molecule has 0 fully saturated rings. The molecule has 2 N–H and O–H groups in total. The van der Waals surface area contributed by atoms with Crippen LogP contribution < -0.4 is 5.32 Å². The van der Waals surface area contributed by atoms with Crippen LogP contribution in [0.15, 0.2) is 4.52 Å². The van der Waals surface area contributed by atoms with Gasteiger partial charge in [0.25, 0.3) is 0 Å². The van der Waals surface area contributed by atoms with Gasteiger partial charge in [-0.1, -0.05) is 25.9 Å². The first-order chi connectivity index (χ1) is 9.43. The van der Waals surface area contributed by atoms with E-state index in [0.29, 0.717) is 24.7 Å². The molecule has 0 saturated heterocycles. The van der Waals surface area contributed by atoms with Crippen molar-refractivity contribution >= 4 is 5.97 Å². The van der Waals surface area contributed by atoms with Crippen LogP contribution in [0.25, 0.3) is 0 Å². The monoisotopic (exact) mass is 283 g/mol. The average molecular weight is 283 g/mol. The molecule has 0 spiro atoms. The molecule has 0 amide bonds. The van der Waals surface area contributed by atoms with Gasteiger partial charge in [-0.3, -0.25) is 4.79 Å². The number of nitrogens with one attached hydrogen (secondary N) is 1. The highest BCUT2D eigenvalue weighted by molar-refractivity contribution is 5.66. The number of hydrogen-bond donors (Lipinski definition) is 2. The summed E-state index contributed by atoms with van der Waals surface area (Å²) in [5.74, 6) is 0.629. The Hall–Kier alpha value is -1.43. The molecular weight excluding hydrogens is 258 g/mol. The largest absolute Gasteiger partial charge is 0.481 e. The number of carbonyl (C=O) groups is 1. The van der Waals surface area contributed by atoms with E-state index in [1.165, 1.54) is 0 Å². The molecule has 0 aliphatic heterocycles. The van der Waals surface area contributed by atoms with E-state index < -0.39 is 5.97 Å². The van der Waals surface area contributed by atoms with Gasteiger partial charge in [-0.05, 0) is 31.2 Å². The van der Waals surface area contributed by atoms with Gasteiger partial charge in [-0.25, -0.2) is 0 Å². The minimum Gasteiger partial charge on any atom is -0.481 e. The zero-order chi connectivity index (χ0) is 15.0. The summed E-state index contributed by atoms with van der Waals surface area (Å²) in [6, 6.07) is 0. The van der Waals surface area contributed by atoms with Crippen LogP contribution in [0, 0.1) is 5.41 Å². The Morgan fingerprint density at radius 2 is 2.15 bits per heavy atom. The molecule has 6 nitrogen and oxygen atoms in total. The molecule has 0 radical (unpaired) electrons. The molecular formula is C14H25N3O3. The molecule has 20 heavy (non-hydrogen) atoms. The van der Waals surface area contributed by atoms with E-state index >= 15 is 0 Å². The number of aryl methyl sites for hydroxylation is 1. The summed E-state index contributed by atoms with van der Waals surface area (Å²) in [5.41, 5.74) is 0.0238. The maximum absolute atomic E-state index is 10.6. The van der Waals surface area contributed by atoms with E-state index in [2.05, 4.69) is 36.2 Å². The third-order valence-electron chi connectivity index (χ3n) is 3.25. The van der Waals surface area contributed by atoms with E-state index in [1.54, 1.807) is 0 Å². The summed E-state index contributed by atoms with van der Waals surface area (Å²) in [6.07, 6.45) is 3.63. The van der Waals surface area contributed by atoms with Gasteiger partial charge in [0.15, 0.2) is 5.82 Å². The lowest BCUT2D eigenvalue weighted by Gasteiger charge is -2.23. The highest BCUT2D eigenvalue weighted by atomic mass is 16.5. The molecule has 1 aromatic rings. The molecule has 1 aromatic heterocycles. The Morgan fingerprint density at radius 1 is 1.40 bits per heavy atom. The van der Waals surface area contributed by atoms with Crippen molar-refractivity contribution in [3.8, 4) is 0 Å². The lowest BCUT2D eigenvalue weighted by Crippen LogP contribution is -2.23. The van der Waals surface area contributed by atoms with Crippen molar-refractivity contribution in [1.29, 1.82) is 0 Å². The summed E-state index contributed by atoms with van der Waals surface area (Å²) in [6.45, 7) is 7.64. The summed E-state index contributed by atoms with van der Waals surface area (Å²) in [4.78, 5) is 14.8. The summed E-state index contributed by atoms with van der Waals surface area (Å²) < 4.78 is 5.10. The van der Waals surface area contributed by atoms with Gasteiger partial charge < -0.3 is 14.9 Å². The smallest absolute Gasteiger partial charge is 0.303 e. The molecule has 0 atom stereocenters. The minimum absolute atomic E-state index is 0.0238. The number of carboxylic acid groups (broad SMARTS) is 1. The predicted octanol–water partition coefficient (Wildman–Crippen LogP) is 2.39. The lowest BCUT2D eigenvalue weighted by atomic mass is 9.84. The maximum Gasteiger partial charge on any atom is 0.303 e. The molecule has 0 bridgehead atoms. The number of hydrogen-bond acceptors (Lipinski definition) is 5. The zero-order valence-electron chi connectivity index (χ0n) is 12.6. The quantitative estimate of drug-likeness (QED) is 0.641. The summed E-state index contributed by atoms with van der Waals surface area (Å²) >= 11 is 0. The first kappa shape index (κ1) is 16.6. The number of aromatic nitrogens is 2. The van der Waals surface area contributed by atoms with Gasteiger partial charge in [0, 0.05) is 12.8 Å². The standard InChI is InChI=1S/C14H25N3O3/c1-4-5-12-16-11(17-20-12)10-15-9-8-14(2,3)7-6-13(18)19/h15H,4-10H2,1-3H3,(H,18,19). The van der Waals surface area contributed by atoms with Gasteiger partial charge in [-0.15, -0.1) is 0 Å². The second-order valence-electron chi connectivity index (χ2n) is 5.84. The van der Waals surface area contributed by atoms with Crippen molar-refractivity contribution in [3.05, 3.63) is 11.7 Å². The van der Waals surface area contributed by atoms with Crippen LogP contribution in [0.5, 0.6) is 0 Å². The first-order valence-electron chi connectivity index (χ1n) is 7.17. The van der Waals surface area contributed by atoms with E-state index in [9.17, 15) is 4.79 Å². The first-order valence-corrected chi connectivity index (χ1v) is 7.17. The molecule has 1 rings (SSSR count). The van der Waals surface area contributed by atoms with E-state index in [0.717, 1.165) is 25.8 Å². The van der Waals surface area contributed by atoms with E-state index in [-0.39, 0.29) is 11.8 Å². The van der Waals surface area contributed by atoms with Gasteiger partial charge in [-0.2, -0.15) is 4.98 Å². The fourth-order valence-electron chi connectivity index (χ4n) is 1.87. The maximum atomic E-state index is 10.6. The van der Waals surface area contributed by atoms with Crippen LogP contribution >= 0.6 is 0 Å². The lowest BCUT2D eigenvalue weighted by molar-refractivity contribution is -0.137. The second-order valence-corrected chi connectivity index (χ2v) is 5.84. The minimum atomic E-state index is -0.735. The average Bonchev–Trinajstić information content (AvgIpc) is 2.81. The SMILES string of the molecule is CCCc1nc(CNCCC(C)(C)CCC(=O)O)no1. The molecule has 0 aliphatic rings. The van der Waals surface area contributed by atoms with Crippen LogP contribution in [0.3, 0.4) is 0 Å². The van der Waals surface area contributed by atoms with Crippen molar-refractivity contribution in [2.24, 2.45) is 5.41 Å².